The third-order valence-electron chi connectivity index (χ3n) is 4.53. The maximum Gasteiger partial charge on any atom is 0.122 e. The van der Waals surface area contributed by atoms with Crippen molar-refractivity contribution >= 4 is 6.08 Å². The van der Waals surface area contributed by atoms with Gasteiger partial charge in [0, 0.05) is 12.8 Å². The van der Waals surface area contributed by atoms with Gasteiger partial charge in [-0.05, 0) is 46.4 Å². The molecule has 0 saturated heterocycles. The molecule has 0 bridgehead atoms. The van der Waals surface area contributed by atoms with Gasteiger partial charge in [0.2, 0.25) is 0 Å². The standard InChI is InChI=1S/C20H20O2/c1-14(16-5-7-20-18(13-16)9-11-22-20)2-3-15-4-6-19-17(12-15)8-10-21-19/h2-7,12-14H,8-11H2,1H3/b3-2+. The first-order valence-corrected chi connectivity index (χ1v) is 7.99. The Morgan fingerprint density at radius 2 is 1.59 bits per heavy atom. The van der Waals surface area contributed by atoms with E-state index in [1.807, 2.05) is 0 Å². The van der Waals surface area contributed by atoms with Gasteiger partial charge in [-0.1, -0.05) is 37.3 Å². The quantitative estimate of drug-likeness (QED) is 0.836. The molecule has 2 aliphatic heterocycles. The van der Waals surface area contributed by atoms with Crippen LogP contribution in [-0.2, 0) is 12.8 Å². The van der Waals surface area contributed by atoms with Crippen LogP contribution < -0.4 is 9.47 Å². The van der Waals surface area contributed by atoms with E-state index in [9.17, 15) is 0 Å². The number of hydrogen-bond acceptors (Lipinski definition) is 2. The predicted molar refractivity (Wildman–Crippen MR) is 88.7 cm³/mol. The van der Waals surface area contributed by atoms with Gasteiger partial charge in [-0.25, -0.2) is 0 Å². The molecule has 0 N–H and O–H groups in total. The van der Waals surface area contributed by atoms with Gasteiger partial charge in [-0.3, -0.25) is 0 Å². The molecule has 0 aliphatic carbocycles. The van der Waals surface area contributed by atoms with E-state index in [0.717, 1.165) is 37.6 Å². The smallest absolute Gasteiger partial charge is 0.122 e. The molecule has 0 amide bonds. The zero-order valence-corrected chi connectivity index (χ0v) is 12.8. The lowest BCUT2D eigenvalue weighted by Crippen LogP contribution is -1.90. The first-order valence-electron chi connectivity index (χ1n) is 7.99. The number of allylic oxidation sites excluding steroid dienone is 1. The van der Waals surface area contributed by atoms with Gasteiger partial charge >= 0.3 is 0 Å². The topological polar surface area (TPSA) is 18.5 Å². The Bertz CT molecular complexity index is 730. The summed E-state index contributed by atoms with van der Waals surface area (Å²) in [5.41, 5.74) is 5.27. The lowest BCUT2D eigenvalue weighted by atomic mass is 9.97. The lowest BCUT2D eigenvalue weighted by molar-refractivity contribution is 0.356. The zero-order valence-electron chi connectivity index (χ0n) is 12.8. The molecule has 2 aromatic rings. The molecule has 2 aromatic carbocycles. The zero-order chi connectivity index (χ0) is 14.9. The normalized spacial score (nSPS) is 17.0. The minimum absolute atomic E-state index is 0.399. The van der Waals surface area contributed by atoms with Gasteiger partial charge in [0.1, 0.15) is 11.5 Å². The molecule has 2 nitrogen and oxygen atoms in total. The summed E-state index contributed by atoms with van der Waals surface area (Å²) in [5, 5.41) is 0. The van der Waals surface area contributed by atoms with Crippen molar-refractivity contribution < 1.29 is 9.47 Å². The molecule has 0 aromatic heterocycles. The first kappa shape index (κ1) is 13.4. The average Bonchev–Trinajstić information content (AvgIpc) is 3.19. The average molecular weight is 292 g/mol. The van der Waals surface area contributed by atoms with Crippen molar-refractivity contribution in [3.05, 3.63) is 64.7 Å². The molecule has 2 heteroatoms. The van der Waals surface area contributed by atoms with Crippen LogP contribution in [0.1, 0.15) is 35.1 Å². The van der Waals surface area contributed by atoms with Crippen LogP contribution in [0.3, 0.4) is 0 Å². The van der Waals surface area contributed by atoms with E-state index in [1.165, 1.54) is 22.3 Å². The minimum atomic E-state index is 0.399. The van der Waals surface area contributed by atoms with Crippen molar-refractivity contribution in [1.29, 1.82) is 0 Å². The molecular formula is C20H20O2. The van der Waals surface area contributed by atoms with Crippen molar-refractivity contribution in [1.82, 2.24) is 0 Å². The van der Waals surface area contributed by atoms with Gasteiger partial charge in [0.25, 0.3) is 0 Å². The highest BCUT2D eigenvalue weighted by atomic mass is 16.5. The van der Waals surface area contributed by atoms with Crippen molar-refractivity contribution in [2.75, 3.05) is 13.2 Å². The van der Waals surface area contributed by atoms with Crippen LogP contribution in [0, 0.1) is 0 Å². The van der Waals surface area contributed by atoms with E-state index in [-0.39, 0.29) is 0 Å². The summed E-state index contributed by atoms with van der Waals surface area (Å²) < 4.78 is 11.1. The molecule has 1 atom stereocenters. The summed E-state index contributed by atoms with van der Waals surface area (Å²) in [6, 6.07) is 13.0. The molecule has 22 heavy (non-hydrogen) atoms. The highest BCUT2D eigenvalue weighted by Gasteiger charge is 2.14. The molecule has 2 heterocycles. The summed E-state index contributed by atoms with van der Waals surface area (Å²) in [4.78, 5) is 0. The molecule has 4 rings (SSSR count). The number of hydrogen-bond donors (Lipinski definition) is 0. The van der Waals surface area contributed by atoms with E-state index in [2.05, 4.69) is 55.5 Å². The van der Waals surface area contributed by atoms with Crippen LogP contribution in [0.5, 0.6) is 11.5 Å². The summed E-state index contributed by atoms with van der Waals surface area (Å²) in [7, 11) is 0. The third kappa shape index (κ3) is 2.50. The predicted octanol–water partition coefficient (Wildman–Crippen LogP) is 4.37. The Morgan fingerprint density at radius 3 is 2.36 bits per heavy atom. The summed E-state index contributed by atoms with van der Waals surface area (Å²) in [6.07, 6.45) is 6.55. The molecule has 0 radical (unpaired) electrons. The van der Waals surface area contributed by atoms with Crippen molar-refractivity contribution in [2.45, 2.75) is 25.7 Å². The van der Waals surface area contributed by atoms with E-state index < -0.39 is 0 Å². The molecule has 0 fully saturated rings. The molecule has 112 valence electrons. The van der Waals surface area contributed by atoms with Crippen molar-refractivity contribution in [3.63, 3.8) is 0 Å². The molecule has 0 saturated carbocycles. The largest absolute Gasteiger partial charge is 0.493 e. The monoisotopic (exact) mass is 292 g/mol. The van der Waals surface area contributed by atoms with Crippen LogP contribution in [0.4, 0.5) is 0 Å². The summed E-state index contributed by atoms with van der Waals surface area (Å²) >= 11 is 0. The Hall–Kier alpha value is -2.22. The van der Waals surface area contributed by atoms with Gasteiger partial charge in [0.15, 0.2) is 0 Å². The Kier molecular flexibility index (Phi) is 3.38. The van der Waals surface area contributed by atoms with Gasteiger partial charge < -0.3 is 9.47 Å². The molecule has 2 aliphatic rings. The van der Waals surface area contributed by atoms with Gasteiger partial charge in [-0.2, -0.15) is 0 Å². The number of rotatable bonds is 3. The number of benzene rings is 2. The first-order chi connectivity index (χ1) is 10.8. The van der Waals surface area contributed by atoms with Crippen LogP contribution in [0.15, 0.2) is 42.5 Å². The van der Waals surface area contributed by atoms with Crippen LogP contribution >= 0.6 is 0 Å². The van der Waals surface area contributed by atoms with E-state index in [4.69, 9.17) is 9.47 Å². The second kappa shape index (κ2) is 5.53. The summed E-state index contributed by atoms with van der Waals surface area (Å²) in [5.74, 6) is 2.50. The number of fused-ring (bicyclic) bond motifs is 2. The van der Waals surface area contributed by atoms with Gasteiger partial charge in [-0.15, -0.1) is 0 Å². The number of ether oxygens (including phenoxy) is 2. The summed E-state index contributed by atoms with van der Waals surface area (Å²) in [6.45, 7) is 3.88. The Labute approximate surface area is 131 Å². The fourth-order valence-corrected chi connectivity index (χ4v) is 3.17. The van der Waals surface area contributed by atoms with Crippen LogP contribution in [0.2, 0.25) is 0 Å². The second-order valence-corrected chi connectivity index (χ2v) is 6.08. The van der Waals surface area contributed by atoms with E-state index in [0.29, 0.717) is 5.92 Å². The SMILES string of the molecule is CC(/C=C/c1ccc2c(c1)CCO2)c1ccc2c(c1)CCO2. The third-order valence-corrected chi connectivity index (χ3v) is 4.53. The van der Waals surface area contributed by atoms with E-state index in [1.54, 1.807) is 0 Å². The van der Waals surface area contributed by atoms with E-state index >= 15 is 0 Å². The maximum absolute atomic E-state index is 5.58. The molecule has 0 spiro atoms. The van der Waals surface area contributed by atoms with Crippen LogP contribution in [0.25, 0.3) is 6.08 Å². The fourth-order valence-electron chi connectivity index (χ4n) is 3.17. The van der Waals surface area contributed by atoms with Crippen molar-refractivity contribution in [3.8, 4) is 11.5 Å². The lowest BCUT2D eigenvalue weighted by Gasteiger charge is -2.09. The Balaban J connectivity index is 1.52. The van der Waals surface area contributed by atoms with Gasteiger partial charge in [0.05, 0.1) is 13.2 Å². The second-order valence-electron chi connectivity index (χ2n) is 6.08. The molecular weight excluding hydrogens is 272 g/mol. The molecule has 1 unspecified atom stereocenters. The van der Waals surface area contributed by atoms with Crippen LogP contribution in [-0.4, -0.2) is 13.2 Å². The minimum Gasteiger partial charge on any atom is -0.493 e. The highest BCUT2D eigenvalue weighted by molar-refractivity contribution is 5.55. The fraction of sp³-hybridized carbons (Fsp3) is 0.300. The highest BCUT2D eigenvalue weighted by Crippen LogP contribution is 2.30. The Morgan fingerprint density at radius 1 is 0.909 bits per heavy atom. The maximum atomic E-state index is 5.58. The van der Waals surface area contributed by atoms with Crippen molar-refractivity contribution in [2.24, 2.45) is 0 Å².